The Balaban J connectivity index is 1.11. The Bertz CT molecular complexity index is 3230. The fourth-order valence-electron chi connectivity index (χ4n) is 8.59. The molecule has 0 spiro atoms. The lowest BCUT2D eigenvalue weighted by Gasteiger charge is -2.29. The summed E-state index contributed by atoms with van der Waals surface area (Å²) in [6.07, 6.45) is 0. The van der Waals surface area contributed by atoms with Crippen LogP contribution in [0.5, 0.6) is 0 Å². The van der Waals surface area contributed by atoms with Gasteiger partial charge >= 0.3 is 0 Å². The zero-order chi connectivity index (χ0) is 37.0. The number of hydrogen-bond acceptors (Lipinski definition) is 2. The molecule has 2 nitrogen and oxygen atoms in total. The summed E-state index contributed by atoms with van der Waals surface area (Å²) in [5, 5.41) is 9.45. The highest BCUT2D eigenvalue weighted by Crippen LogP contribution is 2.47. The van der Waals surface area contributed by atoms with Crippen LogP contribution in [0.3, 0.4) is 0 Å². The van der Waals surface area contributed by atoms with Crippen LogP contribution in [0.2, 0.25) is 0 Å². The Kier molecular flexibility index (Phi) is 7.53. The van der Waals surface area contributed by atoms with Crippen molar-refractivity contribution in [1.29, 1.82) is 0 Å². The maximum atomic E-state index is 6.67. The van der Waals surface area contributed by atoms with Gasteiger partial charge in [0.1, 0.15) is 11.2 Å². The zero-order valence-corrected chi connectivity index (χ0v) is 30.6. The van der Waals surface area contributed by atoms with Crippen molar-refractivity contribution in [2.75, 3.05) is 4.90 Å². The molecule has 0 N–H and O–H groups in total. The van der Waals surface area contributed by atoms with E-state index in [0.717, 1.165) is 55.5 Å². The van der Waals surface area contributed by atoms with Gasteiger partial charge in [0.05, 0.1) is 11.4 Å². The Morgan fingerprint density at radius 3 is 1.61 bits per heavy atom. The predicted molar refractivity (Wildman–Crippen MR) is 237 cm³/mol. The van der Waals surface area contributed by atoms with E-state index in [9.17, 15) is 0 Å². The van der Waals surface area contributed by atoms with Crippen molar-refractivity contribution < 1.29 is 4.42 Å². The van der Waals surface area contributed by atoms with Gasteiger partial charge in [0.25, 0.3) is 0 Å². The van der Waals surface area contributed by atoms with Crippen molar-refractivity contribution in [3.8, 4) is 33.4 Å². The Labute approximate surface area is 325 Å². The van der Waals surface area contributed by atoms with E-state index < -0.39 is 0 Å². The summed E-state index contributed by atoms with van der Waals surface area (Å²) in [7, 11) is 0. The van der Waals surface area contributed by atoms with Crippen LogP contribution in [0.15, 0.2) is 217 Å². The van der Waals surface area contributed by atoms with E-state index in [0.29, 0.717) is 0 Å². The molecule has 0 atom stereocenters. The molecule has 0 aliphatic carbocycles. The fourth-order valence-corrected chi connectivity index (χ4v) is 8.59. The molecule has 0 fully saturated rings. The summed E-state index contributed by atoms with van der Waals surface area (Å²) in [6, 6.07) is 76.4. The van der Waals surface area contributed by atoms with Crippen LogP contribution in [0.4, 0.5) is 17.1 Å². The van der Waals surface area contributed by atoms with Crippen LogP contribution < -0.4 is 4.90 Å². The molecule has 0 aliphatic rings. The van der Waals surface area contributed by atoms with Crippen molar-refractivity contribution in [1.82, 2.24) is 0 Å². The molecule has 0 saturated carbocycles. The Hall–Kier alpha value is -7.42. The van der Waals surface area contributed by atoms with E-state index in [1.807, 2.05) is 0 Å². The maximum absolute atomic E-state index is 6.67. The van der Waals surface area contributed by atoms with E-state index in [1.54, 1.807) is 0 Å². The van der Waals surface area contributed by atoms with E-state index in [2.05, 4.69) is 217 Å². The molecule has 10 aromatic carbocycles. The quantitative estimate of drug-likeness (QED) is 0.160. The largest absolute Gasteiger partial charge is 0.455 e. The molecule has 2 heteroatoms. The lowest BCUT2D eigenvalue weighted by Crippen LogP contribution is -2.11. The molecular formula is C54H35NO. The lowest BCUT2D eigenvalue weighted by atomic mass is 9.95. The summed E-state index contributed by atoms with van der Waals surface area (Å²) in [4.78, 5) is 2.44. The minimum absolute atomic E-state index is 0.884. The van der Waals surface area contributed by atoms with E-state index in [1.165, 1.54) is 49.2 Å². The second-order valence-electron chi connectivity index (χ2n) is 14.4. The molecule has 0 unspecified atom stereocenters. The van der Waals surface area contributed by atoms with Crippen molar-refractivity contribution in [2.24, 2.45) is 0 Å². The average molecular weight is 714 g/mol. The van der Waals surface area contributed by atoms with Crippen molar-refractivity contribution in [3.05, 3.63) is 212 Å². The van der Waals surface area contributed by atoms with Gasteiger partial charge in [0.15, 0.2) is 0 Å². The Morgan fingerprint density at radius 2 is 0.839 bits per heavy atom. The van der Waals surface area contributed by atoms with E-state index >= 15 is 0 Å². The normalized spacial score (nSPS) is 11.6. The van der Waals surface area contributed by atoms with Gasteiger partial charge in [-0.25, -0.2) is 0 Å². The average Bonchev–Trinajstić information content (AvgIpc) is 3.67. The molecule has 56 heavy (non-hydrogen) atoms. The van der Waals surface area contributed by atoms with Crippen LogP contribution in [0.1, 0.15) is 0 Å². The second-order valence-corrected chi connectivity index (χ2v) is 14.4. The van der Waals surface area contributed by atoms with Gasteiger partial charge in [0.2, 0.25) is 0 Å². The van der Waals surface area contributed by atoms with Gasteiger partial charge in [-0.15, -0.1) is 0 Å². The van der Waals surface area contributed by atoms with Gasteiger partial charge in [-0.05, 0) is 85.8 Å². The molecule has 0 saturated heterocycles. The third-order valence-corrected chi connectivity index (χ3v) is 11.3. The number of hydrogen-bond donors (Lipinski definition) is 0. The highest BCUT2D eigenvalue weighted by atomic mass is 16.3. The summed E-state index contributed by atoms with van der Waals surface area (Å²) >= 11 is 0. The van der Waals surface area contributed by atoms with E-state index in [-0.39, 0.29) is 0 Å². The molecular weight excluding hydrogens is 679 g/mol. The first-order valence-electron chi connectivity index (χ1n) is 19.2. The summed E-state index contributed by atoms with van der Waals surface area (Å²) < 4.78 is 6.67. The molecule has 0 aliphatic heterocycles. The lowest BCUT2D eigenvalue weighted by molar-refractivity contribution is 0.673. The first-order valence-corrected chi connectivity index (χ1v) is 19.2. The molecule has 11 rings (SSSR count). The van der Waals surface area contributed by atoms with Crippen molar-refractivity contribution in [3.63, 3.8) is 0 Å². The fraction of sp³-hybridized carbons (Fsp3) is 0. The first-order chi connectivity index (χ1) is 27.8. The number of anilines is 3. The molecule has 0 amide bonds. The number of fused-ring (bicyclic) bond motifs is 8. The van der Waals surface area contributed by atoms with Gasteiger partial charge in [-0.2, -0.15) is 0 Å². The summed E-state index contributed by atoms with van der Waals surface area (Å²) in [5.74, 6) is 0. The molecule has 1 heterocycles. The van der Waals surface area contributed by atoms with Gasteiger partial charge in [-0.3, -0.25) is 0 Å². The highest BCUT2D eigenvalue weighted by Gasteiger charge is 2.22. The third kappa shape index (κ3) is 5.26. The van der Waals surface area contributed by atoms with Crippen molar-refractivity contribution in [2.45, 2.75) is 0 Å². The first kappa shape index (κ1) is 32.0. The van der Waals surface area contributed by atoms with Crippen LogP contribution in [0.25, 0.3) is 87.6 Å². The highest BCUT2D eigenvalue weighted by molar-refractivity contribution is 6.20. The Morgan fingerprint density at radius 1 is 0.304 bits per heavy atom. The molecule has 0 bridgehead atoms. The van der Waals surface area contributed by atoms with Crippen LogP contribution in [-0.4, -0.2) is 0 Å². The molecule has 262 valence electrons. The minimum Gasteiger partial charge on any atom is -0.455 e. The molecule has 1 aromatic heterocycles. The second kappa shape index (κ2) is 13.2. The van der Waals surface area contributed by atoms with E-state index in [4.69, 9.17) is 4.42 Å². The molecule has 0 radical (unpaired) electrons. The number of para-hydroxylation sites is 1. The van der Waals surface area contributed by atoms with Gasteiger partial charge in [-0.1, -0.05) is 176 Å². The zero-order valence-electron chi connectivity index (χ0n) is 30.6. The number of benzene rings is 10. The maximum Gasteiger partial charge on any atom is 0.143 e. The SMILES string of the molecule is c1ccc(-c2ccc(-c3ccc(N(c4ccccc4-c4cccc5oc6c7ccccc7ccc6c45)c4cccc5c4ccc4ccccc45)cc3)cc2)cc1. The topological polar surface area (TPSA) is 16.4 Å². The minimum atomic E-state index is 0.884. The van der Waals surface area contributed by atoms with Crippen LogP contribution in [-0.2, 0) is 0 Å². The number of nitrogens with zero attached hydrogens (tertiary/aromatic N) is 1. The molecule has 11 aromatic rings. The summed E-state index contributed by atoms with van der Waals surface area (Å²) in [6.45, 7) is 0. The predicted octanol–water partition coefficient (Wildman–Crippen LogP) is 15.5. The van der Waals surface area contributed by atoms with Crippen molar-refractivity contribution >= 4 is 71.3 Å². The van der Waals surface area contributed by atoms with Crippen LogP contribution in [0, 0.1) is 0 Å². The van der Waals surface area contributed by atoms with Gasteiger partial charge in [0, 0.05) is 32.8 Å². The number of rotatable bonds is 6. The third-order valence-electron chi connectivity index (χ3n) is 11.3. The monoisotopic (exact) mass is 713 g/mol. The van der Waals surface area contributed by atoms with Gasteiger partial charge < -0.3 is 9.32 Å². The smallest absolute Gasteiger partial charge is 0.143 e. The van der Waals surface area contributed by atoms with Crippen LogP contribution >= 0.6 is 0 Å². The summed E-state index contributed by atoms with van der Waals surface area (Å²) in [5.41, 5.74) is 12.2. The standard InChI is InChI=1S/C54H35NO/c1-2-12-36(13-3-1)37-24-26-38(27-25-37)39-28-32-42(33-29-39)55(51-22-10-19-45-43-16-6-4-14-40(43)30-34-47(45)51)50-21-9-8-18-46(50)48-20-11-23-52-53(48)49-35-31-41-15-5-7-17-44(41)54(49)56-52/h1-35H. The number of furan rings is 1.